The van der Waals surface area contributed by atoms with Crippen molar-refractivity contribution in [2.24, 2.45) is 0 Å². The molecule has 0 aliphatic carbocycles. The standard InChI is InChI=1S/C53H30N2O2/c56-53-41-14-2-1-13-38(41)39-18-9-19-40-44-30-32(22-25-46(44)55(53)52(39)40)31-10-7-11-33(28-31)36-17-8-12-34-29-35(23-24-37(34)36)54-45-20-5-3-15-42(45)50-47(54)26-27-49-51(50)43-16-4-6-21-48(43)57-49/h1-30H. The molecule has 4 heteroatoms. The Morgan fingerprint density at radius 3 is 2.00 bits per heavy atom. The molecule has 13 rings (SSSR count). The van der Waals surface area contributed by atoms with Crippen LogP contribution in [0.1, 0.15) is 0 Å². The fraction of sp³-hybridized carbons (Fsp3) is 0. The van der Waals surface area contributed by atoms with Gasteiger partial charge in [0.1, 0.15) is 11.2 Å². The van der Waals surface area contributed by atoms with Gasteiger partial charge >= 0.3 is 0 Å². The number of furan rings is 1. The van der Waals surface area contributed by atoms with Crippen LogP contribution in [0.5, 0.6) is 0 Å². The predicted octanol–water partition coefficient (Wildman–Crippen LogP) is 13.7. The molecule has 0 saturated carbocycles. The second-order valence-corrected chi connectivity index (χ2v) is 15.2. The van der Waals surface area contributed by atoms with Gasteiger partial charge in [-0.1, -0.05) is 121 Å². The van der Waals surface area contributed by atoms with Crippen LogP contribution >= 0.6 is 0 Å². The van der Waals surface area contributed by atoms with E-state index in [9.17, 15) is 4.79 Å². The molecule has 0 atom stereocenters. The van der Waals surface area contributed by atoms with E-state index < -0.39 is 0 Å². The molecule has 0 radical (unpaired) electrons. The Labute approximate surface area is 325 Å². The minimum absolute atomic E-state index is 0.0280. The maximum Gasteiger partial charge on any atom is 0.263 e. The highest BCUT2D eigenvalue weighted by molar-refractivity contribution is 6.27. The van der Waals surface area contributed by atoms with E-state index in [1.165, 1.54) is 32.6 Å². The normalized spacial score (nSPS) is 12.3. The summed E-state index contributed by atoms with van der Waals surface area (Å²) in [6, 6.07) is 64.4. The Morgan fingerprint density at radius 1 is 0.386 bits per heavy atom. The second kappa shape index (κ2) is 11.2. The summed E-state index contributed by atoms with van der Waals surface area (Å²) in [6.45, 7) is 0. The summed E-state index contributed by atoms with van der Waals surface area (Å²) < 4.78 is 10.6. The molecule has 9 aromatic carbocycles. The average Bonchev–Trinajstić information content (AvgIpc) is 3.93. The van der Waals surface area contributed by atoms with Gasteiger partial charge in [-0.3, -0.25) is 9.20 Å². The van der Waals surface area contributed by atoms with Gasteiger partial charge in [0.05, 0.1) is 22.1 Å². The molecule has 0 unspecified atom stereocenters. The van der Waals surface area contributed by atoms with E-state index in [2.05, 4.69) is 156 Å². The van der Waals surface area contributed by atoms with Crippen molar-refractivity contribution in [3.63, 3.8) is 0 Å². The third-order valence-electron chi connectivity index (χ3n) is 12.2. The maximum absolute atomic E-state index is 13.9. The fourth-order valence-corrected chi connectivity index (χ4v) is 9.78. The lowest BCUT2D eigenvalue weighted by molar-refractivity contribution is 0.669. The number of pyridine rings is 1. The molecular weight excluding hydrogens is 697 g/mol. The Balaban J connectivity index is 0.953. The van der Waals surface area contributed by atoms with Crippen molar-refractivity contribution in [1.29, 1.82) is 0 Å². The van der Waals surface area contributed by atoms with E-state index in [0.717, 1.165) is 87.8 Å². The topological polar surface area (TPSA) is 39.5 Å². The molecule has 0 aliphatic heterocycles. The molecule has 0 fully saturated rings. The van der Waals surface area contributed by atoms with Gasteiger partial charge in [0, 0.05) is 48.8 Å². The van der Waals surface area contributed by atoms with Crippen molar-refractivity contribution in [1.82, 2.24) is 8.97 Å². The van der Waals surface area contributed by atoms with Gasteiger partial charge in [-0.2, -0.15) is 0 Å². The van der Waals surface area contributed by atoms with Crippen molar-refractivity contribution >= 4 is 92.5 Å². The number of hydrogen-bond acceptors (Lipinski definition) is 2. The van der Waals surface area contributed by atoms with Gasteiger partial charge in [-0.25, -0.2) is 0 Å². The summed E-state index contributed by atoms with van der Waals surface area (Å²) >= 11 is 0. The summed E-state index contributed by atoms with van der Waals surface area (Å²) in [5.41, 5.74) is 11.8. The summed E-state index contributed by atoms with van der Waals surface area (Å²) in [4.78, 5) is 13.9. The Hall–Kier alpha value is -7.69. The third kappa shape index (κ3) is 4.13. The number of hydrogen-bond donors (Lipinski definition) is 0. The highest BCUT2D eigenvalue weighted by Gasteiger charge is 2.20. The summed E-state index contributed by atoms with van der Waals surface area (Å²) in [7, 11) is 0. The van der Waals surface area contributed by atoms with Gasteiger partial charge in [-0.05, 0) is 99.1 Å². The summed E-state index contributed by atoms with van der Waals surface area (Å²) in [5, 5.41) is 12.1. The molecule has 0 spiro atoms. The molecule has 0 saturated heterocycles. The molecule has 4 nitrogen and oxygen atoms in total. The average molecular weight is 727 g/mol. The second-order valence-electron chi connectivity index (χ2n) is 15.2. The molecule has 0 amide bonds. The Morgan fingerprint density at radius 2 is 1.09 bits per heavy atom. The van der Waals surface area contributed by atoms with E-state index >= 15 is 0 Å². The first-order valence-corrected chi connectivity index (χ1v) is 19.4. The lowest BCUT2D eigenvalue weighted by atomic mass is 9.94. The van der Waals surface area contributed by atoms with Gasteiger partial charge in [0.25, 0.3) is 5.56 Å². The zero-order valence-corrected chi connectivity index (χ0v) is 30.5. The number of para-hydroxylation sites is 3. The molecule has 0 N–H and O–H groups in total. The lowest BCUT2D eigenvalue weighted by Crippen LogP contribution is -2.12. The van der Waals surface area contributed by atoms with Crippen molar-refractivity contribution in [3.05, 3.63) is 192 Å². The molecule has 13 aromatic rings. The monoisotopic (exact) mass is 726 g/mol. The van der Waals surface area contributed by atoms with Crippen molar-refractivity contribution in [2.75, 3.05) is 0 Å². The Kier molecular flexibility index (Phi) is 6.01. The molecule has 57 heavy (non-hydrogen) atoms. The van der Waals surface area contributed by atoms with Crippen LogP contribution in [0.2, 0.25) is 0 Å². The van der Waals surface area contributed by atoms with Crippen LogP contribution in [0.3, 0.4) is 0 Å². The van der Waals surface area contributed by atoms with E-state index in [1.54, 1.807) is 0 Å². The maximum atomic E-state index is 13.9. The highest BCUT2D eigenvalue weighted by Crippen LogP contribution is 2.42. The van der Waals surface area contributed by atoms with E-state index in [1.807, 2.05) is 34.7 Å². The number of benzene rings is 9. The number of nitrogens with zero attached hydrogens (tertiary/aromatic N) is 2. The molecule has 0 bridgehead atoms. The van der Waals surface area contributed by atoms with Crippen LogP contribution in [-0.2, 0) is 0 Å². The lowest BCUT2D eigenvalue weighted by Gasteiger charge is -2.13. The highest BCUT2D eigenvalue weighted by atomic mass is 16.3. The SMILES string of the molecule is O=c1c2ccccc2c2cccc3c4cc(-c5cccc(-c6cccc7cc(-n8c9ccccc9c9c%10c(ccc98)oc8ccccc8%10)ccc67)c5)ccc4n1c23. The third-order valence-corrected chi connectivity index (χ3v) is 12.2. The largest absolute Gasteiger partial charge is 0.456 e. The van der Waals surface area contributed by atoms with Gasteiger partial charge < -0.3 is 8.98 Å². The minimum Gasteiger partial charge on any atom is -0.456 e. The van der Waals surface area contributed by atoms with E-state index in [4.69, 9.17) is 4.42 Å². The number of aromatic nitrogens is 2. The van der Waals surface area contributed by atoms with Gasteiger partial charge in [0.2, 0.25) is 0 Å². The van der Waals surface area contributed by atoms with Crippen LogP contribution in [0, 0.1) is 0 Å². The van der Waals surface area contributed by atoms with Crippen LogP contribution in [0.15, 0.2) is 191 Å². The van der Waals surface area contributed by atoms with Crippen LogP contribution in [0.4, 0.5) is 0 Å². The molecule has 264 valence electrons. The van der Waals surface area contributed by atoms with Crippen molar-refractivity contribution in [3.8, 4) is 27.9 Å². The molecule has 4 heterocycles. The summed E-state index contributed by atoms with van der Waals surface area (Å²) in [6.07, 6.45) is 0. The molecule has 4 aromatic heterocycles. The smallest absolute Gasteiger partial charge is 0.263 e. The zero-order chi connectivity index (χ0) is 37.4. The first-order valence-electron chi connectivity index (χ1n) is 19.4. The van der Waals surface area contributed by atoms with Crippen LogP contribution < -0.4 is 5.56 Å². The number of fused-ring (bicyclic) bond motifs is 13. The first kappa shape index (κ1) is 30.6. The van der Waals surface area contributed by atoms with Crippen LogP contribution in [0.25, 0.3) is 120 Å². The van der Waals surface area contributed by atoms with Crippen molar-refractivity contribution < 1.29 is 4.42 Å². The van der Waals surface area contributed by atoms with Gasteiger partial charge in [0.15, 0.2) is 0 Å². The van der Waals surface area contributed by atoms with E-state index in [0.29, 0.717) is 0 Å². The summed E-state index contributed by atoms with van der Waals surface area (Å²) in [5.74, 6) is 0. The minimum atomic E-state index is 0.0280. The first-order chi connectivity index (χ1) is 28.2. The quantitative estimate of drug-likeness (QED) is 0.170. The fourth-order valence-electron chi connectivity index (χ4n) is 9.78. The van der Waals surface area contributed by atoms with E-state index in [-0.39, 0.29) is 5.56 Å². The molecular formula is C53H30N2O2. The van der Waals surface area contributed by atoms with Crippen LogP contribution in [-0.4, -0.2) is 8.97 Å². The Bertz CT molecular complexity index is 3900. The van der Waals surface area contributed by atoms with Gasteiger partial charge in [-0.15, -0.1) is 0 Å². The zero-order valence-electron chi connectivity index (χ0n) is 30.5. The number of rotatable bonds is 3. The van der Waals surface area contributed by atoms with Crippen molar-refractivity contribution in [2.45, 2.75) is 0 Å². The predicted molar refractivity (Wildman–Crippen MR) is 237 cm³/mol. The molecule has 0 aliphatic rings.